The summed E-state index contributed by atoms with van der Waals surface area (Å²) >= 11 is 1.49. The lowest BCUT2D eigenvalue weighted by Gasteiger charge is -2.29. The Hall–Kier alpha value is -2.42. The van der Waals surface area contributed by atoms with Crippen molar-refractivity contribution in [1.82, 2.24) is 4.90 Å². The number of hydrogen-bond acceptors (Lipinski definition) is 6. The molecule has 1 saturated heterocycles. The van der Waals surface area contributed by atoms with E-state index in [0.29, 0.717) is 17.1 Å². The highest BCUT2D eigenvalue weighted by Crippen LogP contribution is 2.38. The van der Waals surface area contributed by atoms with Crippen LogP contribution in [0.15, 0.2) is 24.3 Å². The average molecular weight is 429 g/mol. The molecule has 7 nitrogen and oxygen atoms in total. The summed E-state index contributed by atoms with van der Waals surface area (Å²) in [6.45, 7) is 4.28. The quantitative estimate of drug-likeness (QED) is 0.706. The maximum absolute atomic E-state index is 12.6. The molecule has 1 aliphatic carbocycles. The van der Waals surface area contributed by atoms with Crippen LogP contribution in [0.25, 0.3) is 0 Å². The van der Waals surface area contributed by atoms with Gasteiger partial charge < -0.3 is 20.7 Å². The third kappa shape index (κ3) is 4.66. The standard InChI is InChI=1S/C22H28N4O3S/c1-25(13-15-5-7-16(8-6-15)26-9-11-29-12-10-26)14-19(27)24-22-20(21(23)28)17-3-2-4-18(17)30-22/h5-8H,2-4,9-14H2,1H3,(H2,23,28)(H,24,27). The molecule has 0 saturated carbocycles. The minimum Gasteiger partial charge on any atom is -0.378 e. The van der Waals surface area contributed by atoms with Gasteiger partial charge in [-0.2, -0.15) is 0 Å². The summed E-state index contributed by atoms with van der Waals surface area (Å²) in [5.74, 6) is -0.594. The molecule has 0 bridgehead atoms. The first kappa shape index (κ1) is 20.8. The number of primary amides is 1. The Balaban J connectivity index is 1.32. The van der Waals surface area contributed by atoms with Gasteiger partial charge in [-0.15, -0.1) is 11.3 Å². The molecule has 8 heteroatoms. The van der Waals surface area contributed by atoms with Crippen LogP contribution in [0.1, 0.15) is 32.8 Å². The van der Waals surface area contributed by atoms with Crippen molar-refractivity contribution in [1.29, 1.82) is 0 Å². The molecular weight excluding hydrogens is 400 g/mol. The predicted molar refractivity (Wildman–Crippen MR) is 119 cm³/mol. The molecule has 2 aromatic rings. The maximum atomic E-state index is 12.6. The topological polar surface area (TPSA) is 87.9 Å². The van der Waals surface area contributed by atoms with Crippen LogP contribution in [0.5, 0.6) is 0 Å². The molecule has 30 heavy (non-hydrogen) atoms. The Morgan fingerprint density at radius 3 is 2.63 bits per heavy atom. The van der Waals surface area contributed by atoms with E-state index in [4.69, 9.17) is 10.5 Å². The van der Waals surface area contributed by atoms with Crippen LogP contribution in [0, 0.1) is 0 Å². The highest BCUT2D eigenvalue weighted by molar-refractivity contribution is 7.17. The average Bonchev–Trinajstić information content (AvgIpc) is 3.29. The molecule has 1 aromatic carbocycles. The number of nitrogens with one attached hydrogen (secondary N) is 1. The number of fused-ring (bicyclic) bond motifs is 1. The summed E-state index contributed by atoms with van der Waals surface area (Å²) in [6, 6.07) is 8.46. The van der Waals surface area contributed by atoms with Gasteiger partial charge in [-0.1, -0.05) is 12.1 Å². The number of nitrogens with two attached hydrogens (primary N) is 1. The van der Waals surface area contributed by atoms with Gasteiger partial charge in [-0.05, 0) is 49.6 Å². The van der Waals surface area contributed by atoms with Crippen molar-refractivity contribution in [2.45, 2.75) is 25.8 Å². The third-order valence-corrected chi connectivity index (χ3v) is 6.81. The van der Waals surface area contributed by atoms with Crippen molar-refractivity contribution in [3.05, 3.63) is 45.8 Å². The largest absolute Gasteiger partial charge is 0.378 e. The number of likely N-dealkylation sites (N-methyl/N-ethyl adjacent to an activating group) is 1. The maximum Gasteiger partial charge on any atom is 0.251 e. The minimum absolute atomic E-state index is 0.134. The normalized spacial score (nSPS) is 16.0. The summed E-state index contributed by atoms with van der Waals surface area (Å²) in [5.41, 5.74) is 9.45. The molecule has 0 unspecified atom stereocenters. The van der Waals surface area contributed by atoms with E-state index in [-0.39, 0.29) is 12.5 Å². The Bertz CT molecular complexity index is 919. The molecule has 0 spiro atoms. The highest BCUT2D eigenvalue weighted by Gasteiger charge is 2.26. The molecule has 0 atom stereocenters. The van der Waals surface area contributed by atoms with Crippen molar-refractivity contribution in [3.63, 3.8) is 0 Å². The summed E-state index contributed by atoms with van der Waals surface area (Å²) in [4.78, 5) is 29.9. The summed E-state index contributed by atoms with van der Waals surface area (Å²) < 4.78 is 5.40. The van der Waals surface area contributed by atoms with Gasteiger partial charge in [-0.3, -0.25) is 14.5 Å². The number of aryl methyl sites for hydroxylation is 1. The molecule has 1 aliphatic heterocycles. The Labute approximate surface area is 180 Å². The highest BCUT2D eigenvalue weighted by atomic mass is 32.1. The molecule has 2 amide bonds. The Morgan fingerprint density at radius 2 is 1.93 bits per heavy atom. The first-order valence-electron chi connectivity index (χ1n) is 10.4. The van der Waals surface area contributed by atoms with E-state index < -0.39 is 5.91 Å². The van der Waals surface area contributed by atoms with Crippen LogP contribution in [0.3, 0.4) is 0 Å². The van der Waals surface area contributed by atoms with Crippen LogP contribution in [0.2, 0.25) is 0 Å². The monoisotopic (exact) mass is 428 g/mol. The fraction of sp³-hybridized carbons (Fsp3) is 0.455. The van der Waals surface area contributed by atoms with E-state index in [2.05, 4.69) is 34.5 Å². The molecule has 2 heterocycles. The first-order valence-corrected chi connectivity index (χ1v) is 11.2. The summed E-state index contributed by atoms with van der Waals surface area (Å²) in [7, 11) is 1.92. The minimum atomic E-state index is -0.460. The van der Waals surface area contributed by atoms with Crippen LogP contribution in [-0.2, 0) is 28.9 Å². The Morgan fingerprint density at radius 1 is 1.20 bits per heavy atom. The second-order valence-corrected chi connectivity index (χ2v) is 9.02. The fourth-order valence-electron chi connectivity index (χ4n) is 4.17. The zero-order valence-corrected chi connectivity index (χ0v) is 18.1. The van der Waals surface area contributed by atoms with Crippen molar-refractivity contribution in [3.8, 4) is 0 Å². The number of rotatable bonds is 7. The van der Waals surface area contributed by atoms with Crippen LogP contribution >= 0.6 is 11.3 Å². The molecule has 160 valence electrons. The zero-order valence-electron chi connectivity index (χ0n) is 17.3. The second kappa shape index (κ2) is 9.16. The second-order valence-electron chi connectivity index (χ2n) is 7.91. The van der Waals surface area contributed by atoms with E-state index in [1.165, 1.54) is 21.9 Å². The van der Waals surface area contributed by atoms with Gasteiger partial charge in [0.1, 0.15) is 5.00 Å². The molecular formula is C22H28N4O3S. The number of morpholine rings is 1. The number of carbonyl (C=O) groups is 2. The van der Waals surface area contributed by atoms with Crippen molar-refractivity contribution in [2.24, 2.45) is 5.73 Å². The fourth-order valence-corrected chi connectivity index (χ4v) is 5.48. The van der Waals surface area contributed by atoms with Crippen molar-refractivity contribution >= 4 is 33.8 Å². The number of nitrogens with zero attached hydrogens (tertiary/aromatic N) is 2. The number of thiophene rings is 1. The van der Waals surface area contributed by atoms with Gasteiger partial charge in [0.25, 0.3) is 5.91 Å². The number of benzene rings is 1. The lowest BCUT2D eigenvalue weighted by Crippen LogP contribution is -2.36. The van der Waals surface area contributed by atoms with Gasteiger partial charge in [0.05, 0.1) is 25.3 Å². The lowest BCUT2D eigenvalue weighted by molar-refractivity contribution is -0.117. The number of amides is 2. The number of anilines is 2. The van der Waals surface area contributed by atoms with E-state index >= 15 is 0 Å². The molecule has 4 rings (SSSR count). The van der Waals surface area contributed by atoms with E-state index in [9.17, 15) is 9.59 Å². The number of carbonyl (C=O) groups excluding carboxylic acids is 2. The summed E-state index contributed by atoms with van der Waals surface area (Å²) in [6.07, 6.45) is 2.86. The molecule has 2 aliphatic rings. The van der Waals surface area contributed by atoms with E-state index in [1.807, 2.05) is 11.9 Å². The molecule has 1 fully saturated rings. The number of hydrogen-bond donors (Lipinski definition) is 2. The molecule has 1 aromatic heterocycles. The van der Waals surface area contributed by atoms with Crippen LogP contribution in [-0.4, -0.2) is 56.6 Å². The Kier molecular flexibility index (Phi) is 6.36. The molecule has 0 radical (unpaired) electrons. The van der Waals surface area contributed by atoms with Gasteiger partial charge in [0, 0.05) is 30.2 Å². The van der Waals surface area contributed by atoms with Gasteiger partial charge >= 0.3 is 0 Å². The SMILES string of the molecule is CN(CC(=O)Nc1sc2c(c1C(N)=O)CCC2)Cc1ccc(N2CCOCC2)cc1. The molecule has 3 N–H and O–H groups in total. The zero-order chi connectivity index (χ0) is 21.1. The summed E-state index contributed by atoms with van der Waals surface area (Å²) in [5, 5.41) is 3.51. The third-order valence-electron chi connectivity index (χ3n) is 5.60. The smallest absolute Gasteiger partial charge is 0.251 e. The van der Waals surface area contributed by atoms with Gasteiger partial charge in [0.2, 0.25) is 5.91 Å². The van der Waals surface area contributed by atoms with E-state index in [1.54, 1.807) is 0 Å². The van der Waals surface area contributed by atoms with Crippen molar-refractivity contribution in [2.75, 3.05) is 50.1 Å². The van der Waals surface area contributed by atoms with Gasteiger partial charge in [-0.25, -0.2) is 0 Å². The predicted octanol–water partition coefficient (Wildman–Crippen LogP) is 2.24. The van der Waals surface area contributed by atoms with Crippen LogP contribution in [0.4, 0.5) is 10.7 Å². The van der Waals surface area contributed by atoms with Gasteiger partial charge in [0.15, 0.2) is 0 Å². The van der Waals surface area contributed by atoms with E-state index in [0.717, 1.165) is 56.7 Å². The first-order chi connectivity index (χ1) is 14.5. The lowest BCUT2D eigenvalue weighted by atomic mass is 10.1. The number of ether oxygens (including phenoxy) is 1. The van der Waals surface area contributed by atoms with Crippen molar-refractivity contribution < 1.29 is 14.3 Å². The van der Waals surface area contributed by atoms with Crippen LogP contribution < -0.4 is 16.0 Å².